The molecule has 1 fully saturated rings. The number of hydrogen-bond donors (Lipinski definition) is 0. The predicted molar refractivity (Wildman–Crippen MR) is 165 cm³/mol. The van der Waals surface area contributed by atoms with Crippen molar-refractivity contribution in [2.75, 3.05) is 32.0 Å². The first-order valence-corrected chi connectivity index (χ1v) is 15.5. The topological polar surface area (TPSA) is 80.6 Å². The van der Waals surface area contributed by atoms with Crippen LogP contribution in [0, 0.1) is 0 Å². The molecule has 1 aliphatic rings. The largest absolute Gasteiger partial charge is 0.484 e. The normalized spacial score (nSPS) is 15.0. The highest BCUT2D eigenvalue weighted by Gasteiger charge is 2.29. The SMILES string of the molecule is CC1CN(C(=O)CCCSc2nnc(Cc3ccccc3)n2-c2ccccc2)CCN1C(=O)COc1ccc(Cl)cc1. The van der Waals surface area contributed by atoms with Crippen LogP contribution in [-0.4, -0.2) is 74.4 Å². The van der Waals surface area contributed by atoms with Crippen LogP contribution < -0.4 is 4.74 Å². The lowest BCUT2D eigenvalue weighted by Gasteiger charge is -2.39. The third-order valence-electron chi connectivity index (χ3n) is 7.16. The Balaban J connectivity index is 1.10. The van der Waals surface area contributed by atoms with Crippen molar-refractivity contribution >= 4 is 35.2 Å². The zero-order valence-corrected chi connectivity index (χ0v) is 25.1. The van der Waals surface area contributed by atoms with Gasteiger partial charge < -0.3 is 14.5 Å². The van der Waals surface area contributed by atoms with Crippen molar-refractivity contribution in [1.29, 1.82) is 0 Å². The molecule has 2 heterocycles. The van der Waals surface area contributed by atoms with E-state index in [0.29, 0.717) is 43.2 Å². The van der Waals surface area contributed by atoms with Crippen LogP contribution in [0.4, 0.5) is 0 Å². The van der Waals surface area contributed by atoms with E-state index in [9.17, 15) is 9.59 Å². The Morgan fingerprint density at radius 1 is 0.929 bits per heavy atom. The minimum Gasteiger partial charge on any atom is -0.484 e. The van der Waals surface area contributed by atoms with E-state index in [1.165, 1.54) is 5.56 Å². The third kappa shape index (κ3) is 7.72. The number of amides is 2. The first-order valence-electron chi connectivity index (χ1n) is 14.1. The number of piperazine rings is 1. The molecule has 8 nitrogen and oxygen atoms in total. The van der Waals surface area contributed by atoms with Crippen LogP contribution >= 0.6 is 23.4 Å². The second-order valence-corrected chi connectivity index (χ2v) is 11.7. The van der Waals surface area contributed by atoms with Crippen molar-refractivity contribution in [3.63, 3.8) is 0 Å². The molecule has 0 spiro atoms. The van der Waals surface area contributed by atoms with Gasteiger partial charge in [0.1, 0.15) is 11.6 Å². The van der Waals surface area contributed by atoms with Gasteiger partial charge in [-0.1, -0.05) is 71.9 Å². The van der Waals surface area contributed by atoms with Crippen LogP contribution in [0.1, 0.15) is 31.2 Å². The molecular weight excluding hydrogens is 570 g/mol. The van der Waals surface area contributed by atoms with Crippen LogP contribution in [0.15, 0.2) is 90.1 Å². The van der Waals surface area contributed by atoms with E-state index in [2.05, 4.69) is 39.0 Å². The zero-order chi connectivity index (χ0) is 29.3. The molecule has 3 aromatic carbocycles. The first kappa shape index (κ1) is 29.7. The highest BCUT2D eigenvalue weighted by atomic mass is 35.5. The van der Waals surface area contributed by atoms with E-state index in [-0.39, 0.29) is 24.5 Å². The molecule has 1 saturated heterocycles. The minimum absolute atomic E-state index is 0.0438. The van der Waals surface area contributed by atoms with Gasteiger partial charge in [-0.15, -0.1) is 10.2 Å². The smallest absolute Gasteiger partial charge is 0.260 e. The summed E-state index contributed by atoms with van der Waals surface area (Å²) in [6.07, 6.45) is 1.85. The second kappa shape index (κ2) is 14.4. The number of hydrogen-bond acceptors (Lipinski definition) is 6. The number of carbonyl (C=O) groups is 2. The molecule has 0 N–H and O–H groups in total. The standard InChI is InChI=1S/C32H34ClN5O3S/c1-24-22-36(18-19-37(24)31(40)23-41-28-16-14-26(33)15-17-28)30(39)13-8-20-42-32-35-34-29(21-25-9-4-2-5-10-25)38(32)27-11-6-3-7-12-27/h2-7,9-12,14-17,24H,8,13,18-23H2,1H3. The predicted octanol–water partition coefficient (Wildman–Crippen LogP) is 5.52. The fraction of sp³-hybridized carbons (Fsp3) is 0.312. The van der Waals surface area contributed by atoms with Crippen LogP contribution in [0.25, 0.3) is 5.69 Å². The highest BCUT2D eigenvalue weighted by Crippen LogP contribution is 2.25. The number of thioether (sulfide) groups is 1. The number of rotatable bonds is 11. The van der Waals surface area contributed by atoms with Crippen molar-refractivity contribution in [2.45, 2.75) is 37.4 Å². The van der Waals surface area contributed by atoms with Gasteiger partial charge in [-0.3, -0.25) is 14.2 Å². The van der Waals surface area contributed by atoms with Crippen LogP contribution in [0.3, 0.4) is 0 Å². The summed E-state index contributed by atoms with van der Waals surface area (Å²) in [5.74, 6) is 2.25. The average molecular weight is 604 g/mol. The Morgan fingerprint density at radius 2 is 1.64 bits per heavy atom. The van der Waals surface area contributed by atoms with Gasteiger partial charge in [0.25, 0.3) is 5.91 Å². The van der Waals surface area contributed by atoms with E-state index < -0.39 is 0 Å². The molecule has 218 valence electrons. The fourth-order valence-corrected chi connectivity index (χ4v) is 6.02. The Kier molecular flexibility index (Phi) is 10.2. The van der Waals surface area contributed by atoms with Crippen molar-refractivity contribution in [1.82, 2.24) is 24.6 Å². The Bertz CT molecular complexity index is 1470. The Morgan fingerprint density at radius 3 is 2.36 bits per heavy atom. The van der Waals surface area contributed by atoms with Gasteiger partial charge in [0.2, 0.25) is 5.91 Å². The summed E-state index contributed by atoms with van der Waals surface area (Å²) in [4.78, 5) is 29.4. The van der Waals surface area contributed by atoms with Gasteiger partial charge in [0.15, 0.2) is 11.8 Å². The lowest BCUT2D eigenvalue weighted by molar-refractivity contribution is -0.143. The van der Waals surface area contributed by atoms with Gasteiger partial charge in [0, 0.05) is 55.0 Å². The molecule has 4 aromatic rings. The van der Waals surface area contributed by atoms with E-state index in [1.807, 2.05) is 48.2 Å². The summed E-state index contributed by atoms with van der Waals surface area (Å²) in [6, 6.07) is 27.2. The lowest BCUT2D eigenvalue weighted by Crippen LogP contribution is -2.56. The van der Waals surface area contributed by atoms with Crippen LogP contribution in [0.5, 0.6) is 5.75 Å². The molecular formula is C32H34ClN5O3S. The molecule has 1 unspecified atom stereocenters. The van der Waals surface area contributed by atoms with Gasteiger partial charge in [-0.2, -0.15) is 0 Å². The van der Waals surface area contributed by atoms with Crippen molar-refractivity contribution in [2.24, 2.45) is 0 Å². The van der Waals surface area contributed by atoms with Crippen LogP contribution in [-0.2, 0) is 16.0 Å². The molecule has 0 saturated carbocycles. The van der Waals surface area contributed by atoms with E-state index in [0.717, 1.165) is 28.8 Å². The highest BCUT2D eigenvalue weighted by molar-refractivity contribution is 7.99. The summed E-state index contributed by atoms with van der Waals surface area (Å²) in [5, 5.41) is 10.4. The van der Waals surface area contributed by atoms with Gasteiger partial charge >= 0.3 is 0 Å². The maximum Gasteiger partial charge on any atom is 0.260 e. The molecule has 10 heteroatoms. The molecule has 2 amide bonds. The van der Waals surface area contributed by atoms with E-state index in [4.69, 9.17) is 16.3 Å². The summed E-state index contributed by atoms with van der Waals surface area (Å²) in [7, 11) is 0. The molecule has 42 heavy (non-hydrogen) atoms. The third-order valence-corrected chi connectivity index (χ3v) is 8.43. The fourth-order valence-electron chi connectivity index (χ4n) is 4.98. The molecule has 0 aliphatic carbocycles. The molecule has 0 radical (unpaired) electrons. The van der Waals surface area contributed by atoms with Gasteiger partial charge in [0.05, 0.1) is 0 Å². The van der Waals surface area contributed by atoms with Crippen molar-refractivity contribution in [3.8, 4) is 11.4 Å². The molecule has 1 atom stereocenters. The van der Waals surface area contributed by atoms with E-state index in [1.54, 1.807) is 40.9 Å². The zero-order valence-electron chi connectivity index (χ0n) is 23.6. The second-order valence-electron chi connectivity index (χ2n) is 10.2. The Labute approximate surface area is 255 Å². The number of benzene rings is 3. The first-order chi connectivity index (χ1) is 20.5. The average Bonchev–Trinajstić information content (AvgIpc) is 3.41. The Hall–Kier alpha value is -3.82. The number of aromatic nitrogens is 3. The van der Waals surface area contributed by atoms with E-state index >= 15 is 0 Å². The number of ether oxygens (including phenoxy) is 1. The monoisotopic (exact) mass is 603 g/mol. The molecule has 1 aliphatic heterocycles. The molecule has 5 rings (SSSR count). The number of carbonyl (C=O) groups excluding carboxylic acids is 2. The molecule has 1 aromatic heterocycles. The number of nitrogens with zero attached hydrogens (tertiary/aromatic N) is 5. The summed E-state index contributed by atoms with van der Waals surface area (Å²) in [6.45, 7) is 3.46. The summed E-state index contributed by atoms with van der Waals surface area (Å²) < 4.78 is 7.73. The lowest BCUT2D eigenvalue weighted by atomic mass is 10.1. The van der Waals surface area contributed by atoms with Crippen molar-refractivity contribution < 1.29 is 14.3 Å². The van der Waals surface area contributed by atoms with Gasteiger partial charge in [-0.25, -0.2) is 0 Å². The number of para-hydroxylation sites is 1. The van der Waals surface area contributed by atoms with Crippen molar-refractivity contribution in [3.05, 3.63) is 101 Å². The quantitative estimate of drug-likeness (QED) is 0.166. The maximum absolute atomic E-state index is 13.0. The summed E-state index contributed by atoms with van der Waals surface area (Å²) in [5.41, 5.74) is 2.20. The maximum atomic E-state index is 13.0. The molecule has 0 bridgehead atoms. The van der Waals surface area contributed by atoms with Crippen LogP contribution in [0.2, 0.25) is 5.02 Å². The minimum atomic E-state index is -0.0879. The van der Waals surface area contributed by atoms with Gasteiger partial charge in [-0.05, 0) is 55.3 Å². The number of halogens is 1. The summed E-state index contributed by atoms with van der Waals surface area (Å²) >= 11 is 7.52.